The second-order valence-electron chi connectivity index (χ2n) is 2.90. The first kappa shape index (κ1) is 9.19. The summed E-state index contributed by atoms with van der Waals surface area (Å²) in [7, 11) is 3.76. The van der Waals surface area contributed by atoms with Gasteiger partial charge in [0.05, 0.1) is 6.42 Å². The lowest BCUT2D eigenvalue weighted by atomic mass is 10.4. The number of thiazole rings is 1. The van der Waals surface area contributed by atoms with Gasteiger partial charge >= 0.3 is 0 Å². The van der Waals surface area contributed by atoms with Crippen molar-refractivity contribution < 1.29 is 0 Å². The lowest BCUT2D eigenvalue weighted by Gasteiger charge is -2.11. The second-order valence-corrected chi connectivity index (χ2v) is 3.84. The van der Waals surface area contributed by atoms with Crippen molar-refractivity contribution in [2.45, 2.75) is 13.3 Å². The van der Waals surface area contributed by atoms with Gasteiger partial charge in [-0.25, -0.2) is 4.98 Å². The van der Waals surface area contributed by atoms with Crippen LogP contribution in [0.25, 0.3) is 0 Å². The number of nitrogens with one attached hydrogen (secondary N) is 1. The highest BCUT2D eigenvalue weighted by Crippen LogP contribution is 2.09. The van der Waals surface area contributed by atoms with E-state index < -0.39 is 0 Å². The molecule has 0 aliphatic rings. The van der Waals surface area contributed by atoms with E-state index in [0.29, 0.717) is 12.3 Å². The van der Waals surface area contributed by atoms with Crippen molar-refractivity contribution in [3.8, 4) is 0 Å². The van der Waals surface area contributed by atoms with E-state index in [-0.39, 0.29) is 0 Å². The summed E-state index contributed by atoms with van der Waals surface area (Å²) in [5, 5.41) is 10.6. The highest BCUT2D eigenvalue weighted by atomic mass is 32.1. The molecule has 0 unspecified atom stereocenters. The van der Waals surface area contributed by atoms with Crippen LogP contribution in [0.2, 0.25) is 0 Å². The van der Waals surface area contributed by atoms with E-state index >= 15 is 0 Å². The van der Waals surface area contributed by atoms with Gasteiger partial charge in [0.25, 0.3) is 0 Å². The van der Waals surface area contributed by atoms with Crippen LogP contribution >= 0.6 is 11.3 Å². The van der Waals surface area contributed by atoms with E-state index in [1.807, 2.05) is 26.4 Å². The van der Waals surface area contributed by atoms with Crippen molar-refractivity contribution >= 4 is 17.2 Å². The molecule has 0 saturated heterocycles. The number of amidine groups is 1. The molecule has 1 heterocycles. The van der Waals surface area contributed by atoms with Crippen LogP contribution < -0.4 is 0 Å². The quantitative estimate of drug-likeness (QED) is 0.558. The normalized spacial score (nSPS) is 9.92. The first-order valence-electron chi connectivity index (χ1n) is 3.75. The molecule has 0 atom stereocenters. The van der Waals surface area contributed by atoms with Crippen molar-refractivity contribution in [3.05, 3.63) is 16.1 Å². The second kappa shape index (κ2) is 3.67. The molecular formula is C8H13N3S. The fraction of sp³-hybridized carbons (Fsp3) is 0.500. The molecule has 0 bridgehead atoms. The molecule has 1 aromatic heterocycles. The maximum atomic E-state index is 7.58. The molecule has 1 N–H and O–H groups in total. The first-order valence-corrected chi connectivity index (χ1v) is 4.63. The Bertz CT molecular complexity index is 278. The molecule has 1 rings (SSSR count). The standard InChI is InChI=1S/C8H13N3S/c1-6-5-12-8(10-6)4-7(9)11(2)3/h5,9H,4H2,1-3H3. The smallest absolute Gasteiger partial charge is 0.102 e. The minimum atomic E-state index is 0.601. The summed E-state index contributed by atoms with van der Waals surface area (Å²) in [6.07, 6.45) is 0.644. The highest BCUT2D eigenvalue weighted by Gasteiger charge is 2.04. The minimum absolute atomic E-state index is 0.601. The number of likely N-dealkylation sites (N-methyl/N-ethyl adjacent to an activating group) is 1. The third kappa shape index (κ3) is 2.30. The molecule has 4 heteroatoms. The molecular weight excluding hydrogens is 170 g/mol. The van der Waals surface area contributed by atoms with Gasteiger partial charge in [-0.1, -0.05) is 0 Å². The van der Waals surface area contributed by atoms with Crippen molar-refractivity contribution in [1.29, 1.82) is 5.41 Å². The van der Waals surface area contributed by atoms with Crippen LogP contribution in [0, 0.1) is 12.3 Å². The van der Waals surface area contributed by atoms with Gasteiger partial charge in [0.15, 0.2) is 0 Å². The molecule has 66 valence electrons. The van der Waals surface area contributed by atoms with Gasteiger partial charge in [-0.3, -0.25) is 5.41 Å². The zero-order chi connectivity index (χ0) is 9.14. The van der Waals surface area contributed by atoms with E-state index in [9.17, 15) is 0 Å². The summed E-state index contributed by atoms with van der Waals surface area (Å²) < 4.78 is 0. The lowest BCUT2D eigenvalue weighted by molar-refractivity contribution is 0.604. The van der Waals surface area contributed by atoms with E-state index in [1.54, 1.807) is 16.2 Å². The molecule has 1 aromatic rings. The van der Waals surface area contributed by atoms with Crippen molar-refractivity contribution in [1.82, 2.24) is 9.88 Å². The van der Waals surface area contributed by atoms with E-state index in [0.717, 1.165) is 10.7 Å². The zero-order valence-corrected chi connectivity index (χ0v) is 8.40. The predicted octanol–water partition coefficient (Wildman–Crippen LogP) is 1.53. The largest absolute Gasteiger partial charge is 0.366 e. The third-order valence-corrected chi connectivity index (χ3v) is 2.49. The van der Waals surface area contributed by atoms with Crippen LogP contribution in [-0.4, -0.2) is 29.8 Å². The van der Waals surface area contributed by atoms with Crippen molar-refractivity contribution in [2.75, 3.05) is 14.1 Å². The third-order valence-electron chi connectivity index (χ3n) is 1.53. The Morgan fingerprint density at radius 3 is 2.75 bits per heavy atom. The van der Waals surface area contributed by atoms with E-state index in [4.69, 9.17) is 5.41 Å². The van der Waals surface area contributed by atoms with Crippen LogP contribution in [0.1, 0.15) is 10.7 Å². The molecule has 0 fully saturated rings. The average molecular weight is 183 g/mol. The summed E-state index contributed by atoms with van der Waals surface area (Å²) in [5.74, 6) is 0.601. The highest BCUT2D eigenvalue weighted by molar-refractivity contribution is 7.09. The lowest BCUT2D eigenvalue weighted by Crippen LogP contribution is -2.22. The van der Waals surface area contributed by atoms with Gasteiger partial charge in [0.1, 0.15) is 10.8 Å². The van der Waals surface area contributed by atoms with Gasteiger partial charge in [0.2, 0.25) is 0 Å². The van der Waals surface area contributed by atoms with Crippen LogP contribution in [0.4, 0.5) is 0 Å². The summed E-state index contributed by atoms with van der Waals surface area (Å²) in [6, 6.07) is 0. The fourth-order valence-electron chi connectivity index (χ4n) is 0.785. The van der Waals surface area contributed by atoms with Gasteiger partial charge in [0, 0.05) is 25.2 Å². The molecule has 0 aromatic carbocycles. The van der Waals surface area contributed by atoms with Gasteiger partial charge in [-0.15, -0.1) is 11.3 Å². The monoisotopic (exact) mass is 183 g/mol. The zero-order valence-electron chi connectivity index (χ0n) is 7.59. The molecule has 0 amide bonds. The summed E-state index contributed by atoms with van der Waals surface area (Å²) in [5.41, 5.74) is 1.04. The van der Waals surface area contributed by atoms with Gasteiger partial charge in [-0.2, -0.15) is 0 Å². The van der Waals surface area contributed by atoms with Crippen molar-refractivity contribution in [3.63, 3.8) is 0 Å². The Balaban J connectivity index is 2.58. The summed E-state index contributed by atoms with van der Waals surface area (Å²) in [6.45, 7) is 1.97. The SMILES string of the molecule is Cc1csc(CC(=N)N(C)C)n1. The molecule has 0 radical (unpaired) electrons. The van der Waals surface area contributed by atoms with Crippen LogP contribution in [0.15, 0.2) is 5.38 Å². The first-order chi connectivity index (χ1) is 5.59. The van der Waals surface area contributed by atoms with Gasteiger partial charge < -0.3 is 4.90 Å². The Hall–Kier alpha value is -0.900. The Kier molecular flexibility index (Phi) is 2.81. The Morgan fingerprint density at radius 1 is 1.67 bits per heavy atom. The molecule has 0 aliphatic carbocycles. The van der Waals surface area contributed by atoms with E-state index in [2.05, 4.69) is 4.98 Å². The summed E-state index contributed by atoms with van der Waals surface area (Å²) in [4.78, 5) is 6.09. The predicted molar refractivity (Wildman–Crippen MR) is 52.0 cm³/mol. The Labute approximate surface area is 76.6 Å². The number of rotatable bonds is 2. The molecule has 0 saturated carbocycles. The van der Waals surface area contributed by atoms with E-state index in [1.165, 1.54) is 0 Å². The maximum absolute atomic E-state index is 7.58. The van der Waals surface area contributed by atoms with Crippen LogP contribution in [0.5, 0.6) is 0 Å². The fourth-order valence-corrected chi connectivity index (χ4v) is 1.56. The number of hydrogen-bond acceptors (Lipinski definition) is 3. The maximum Gasteiger partial charge on any atom is 0.102 e. The van der Waals surface area contributed by atoms with Crippen LogP contribution in [-0.2, 0) is 6.42 Å². The number of nitrogens with zero attached hydrogens (tertiary/aromatic N) is 2. The molecule has 12 heavy (non-hydrogen) atoms. The Morgan fingerprint density at radius 2 is 2.33 bits per heavy atom. The van der Waals surface area contributed by atoms with Crippen LogP contribution in [0.3, 0.4) is 0 Å². The number of hydrogen-bond donors (Lipinski definition) is 1. The number of aromatic nitrogens is 1. The van der Waals surface area contributed by atoms with Crippen molar-refractivity contribution in [2.24, 2.45) is 0 Å². The molecule has 3 nitrogen and oxygen atoms in total. The van der Waals surface area contributed by atoms with Gasteiger partial charge in [-0.05, 0) is 6.92 Å². The average Bonchev–Trinajstić information content (AvgIpc) is 2.35. The minimum Gasteiger partial charge on any atom is -0.366 e. The topological polar surface area (TPSA) is 40.0 Å². The molecule has 0 spiro atoms. The summed E-state index contributed by atoms with van der Waals surface area (Å²) >= 11 is 1.62. The number of aryl methyl sites for hydroxylation is 1. The molecule has 0 aliphatic heterocycles.